The molecular weight excluding hydrogens is 314 g/mol. The summed E-state index contributed by atoms with van der Waals surface area (Å²) >= 11 is 6.79. The van der Waals surface area contributed by atoms with Crippen LogP contribution >= 0.6 is 23.6 Å². The maximum absolute atomic E-state index is 12.0. The van der Waals surface area contributed by atoms with Gasteiger partial charge in [-0.05, 0) is 43.0 Å². The number of thiophene rings is 1. The topological polar surface area (TPSA) is 64.9 Å². The molecule has 1 aromatic heterocycles. The zero-order chi connectivity index (χ0) is 16.5. The lowest BCUT2D eigenvalue weighted by atomic mass is 9.89. The Morgan fingerprint density at radius 2 is 2.14 bits per heavy atom. The number of fused-ring (bicyclic) bond motifs is 1. The van der Waals surface area contributed by atoms with Gasteiger partial charge in [-0.1, -0.05) is 27.7 Å². The molecule has 1 amide bonds. The van der Waals surface area contributed by atoms with Gasteiger partial charge in [-0.15, -0.1) is 11.3 Å². The van der Waals surface area contributed by atoms with Gasteiger partial charge in [0.05, 0.1) is 5.56 Å². The highest BCUT2D eigenvalue weighted by molar-refractivity contribution is 7.80. The van der Waals surface area contributed by atoms with Gasteiger partial charge in [0, 0.05) is 10.3 Å². The van der Waals surface area contributed by atoms with Gasteiger partial charge in [0.2, 0.25) is 5.91 Å². The van der Waals surface area contributed by atoms with Gasteiger partial charge in [-0.25, -0.2) is 0 Å². The Morgan fingerprint density at radius 3 is 2.73 bits per heavy atom. The van der Waals surface area contributed by atoms with Crippen molar-refractivity contribution in [2.24, 2.45) is 11.3 Å². The molecule has 118 valence electrons. The summed E-state index contributed by atoms with van der Waals surface area (Å²) < 4.78 is 0. The summed E-state index contributed by atoms with van der Waals surface area (Å²) in [6, 6.07) is 2.28. The lowest BCUT2D eigenvalue weighted by Gasteiger charge is -2.18. The molecule has 6 heteroatoms. The van der Waals surface area contributed by atoms with E-state index in [-0.39, 0.29) is 11.0 Å². The average molecular weight is 335 g/mol. The fourth-order valence-corrected chi connectivity index (χ4v) is 4.01. The van der Waals surface area contributed by atoms with Crippen molar-refractivity contribution in [3.63, 3.8) is 0 Å². The molecule has 0 radical (unpaired) electrons. The highest BCUT2D eigenvalue weighted by atomic mass is 32.1. The molecule has 0 bridgehead atoms. The number of carbonyl (C=O) groups is 1. The van der Waals surface area contributed by atoms with Crippen LogP contribution in [0.4, 0.5) is 5.00 Å². The fraction of sp³-hybridized carbons (Fsp3) is 0.562. The number of carbonyl (C=O) groups excluding carboxylic acids is 1. The zero-order valence-electron chi connectivity index (χ0n) is 13.4. The molecule has 0 unspecified atom stereocenters. The highest BCUT2D eigenvalue weighted by Gasteiger charge is 2.25. The number of anilines is 1. The number of nitrogens with one attached hydrogen (secondary N) is 2. The monoisotopic (exact) mass is 335 g/mol. The Morgan fingerprint density at radius 1 is 1.45 bits per heavy atom. The molecule has 0 saturated heterocycles. The Hall–Kier alpha value is -1.45. The second kappa shape index (κ2) is 6.35. The molecule has 0 spiro atoms. The van der Waals surface area contributed by atoms with Gasteiger partial charge in [0.1, 0.15) is 11.1 Å². The summed E-state index contributed by atoms with van der Waals surface area (Å²) in [5.74, 6) is 0.511. The summed E-state index contributed by atoms with van der Waals surface area (Å²) in [4.78, 5) is 13.2. The molecule has 4 nitrogen and oxygen atoms in total. The molecule has 0 saturated carbocycles. The van der Waals surface area contributed by atoms with Crippen molar-refractivity contribution in [1.82, 2.24) is 5.32 Å². The van der Waals surface area contributed by atoms with E-state index in [1.807, 2.05) is 20.8 Å². The molecule has 1 atom stereocenters. The molecule has 22 heavy (non-hydrogen) atoms. The number of nitrogens with zero attached hydrogens (tertiary/aromatic N) is 1. The molecule has 1 aliphatic rings. The molecule has 2 N–H and O–H groups in total. The lowest BCUT2D eigenvalue weighted by molar-refractivity contribution is -0.126. The Labute approximate surface area is 140 Å². The van der Waals surface area contributed by atoms with Gasteiger partial charge in [-0.3, -0.25) is 4.79 Å². The maximum atomic E-state index is 12.0. The van der Waals surface area contributed by atoms with E-state index in [9.17, 15) is 10.1 Å². The number of rotatable bonds is 1. The number of thiocarbonyl (C=S) groups is 1. The van der Waals surface area contributed by atoms with Crippen LogP contribution in [0.5, 0.6) is 0 Å². The lowest BCUT2D eigenvalue weighted by Crippen LogP contribution is -2.41. The number of nitriles is 1. The number of hydrogen-bond acceptors (Lipinski definition) is 4. The van der Waals surface area contributed by atoms with Crippen LogP contribution in [0.25, 0.3) is 0 Å². The van der Waals surface area contributed by atoms with E-state index in [1.165, 1.54) is 4.88 Å². The highest BCUT2D eigenvalue weighted by Crippen LogP contribution is 2.39. The summed E-state index contributed by atoms with van der Waals surface area (Å²) in [6.45, 7) is 7.72. The zero-order valence-corrected chi connectivity index (χ0v) is 15.0. The van der Waals surface area contributed by atoms with E-state index in [0.717, 1.165) is 29.8 Å². The smallest absolute Gasteiger partial charge is 0.231 e. The van der Waals surface area contributed by atoms with Crippen LogP contribution in [-0.4, -0.2) is 11.0 Å². The predicted molar refractivity (Wildman–Crippen MR) is 94.0 cm³/mol. The predicted octanol–water partition coefficient (Wildman–Crippen LogP) is 3.60. The van der Waals surface area contributed by atoms with Gasteiger partial charge in [-0.2, -0.15) is 5.26 Å². The third-order valence-corrected chi connectivity index (χ3v) is 5.13. The van der Waals surface area contributed by atoms with Crippen molar-refractivity contribution in [1.29, 1.82) is 5.26 Å². The second-order valence-electron chi connectivity index (χ2n) is 6.83. The minimum Gasteiger partial charge on any atom is -0.323 e. The molecule has 0 fully saturated rings. The third kappa shape index (κ3) is 3.65. The van der Waals surface area contributed by atoms with Gasteiger partial charge in [0.25, 0.3) is 0 Å². The molecule has 0 aliphatic heterocycles. The van der Waals surface area contributed by atoms with E-state index >= 15 is 0 Å². The van der Waals surface area contributed by atoms with Crippen LogP contribution < -0.4 is 10.6 Å². The van der Waals surface area contributed by atoms with Crippen molar-refractivity contribution < 1.29 is 4.79 Å². The summed E-state index contributed by atoms with van der Waals surface area (Å²) in [5.41, 5.74) is 1.32. The summed E-state index contributed by atoms with van der Waals surface area (Å²) in [6.07, 6.45) is 3.07. The van der Waals surface area contributed by atoms with E-state index < -0.39 is 5.41 Å². The van der Waals surface area contributed by atoms with Gasteiger partial charge in [0.15, 0.2) is 5.11 Å². The van der Waals surface area contributed by atoms with Crippen LogP contribution in [0, 0.1) is 22.7 Å². The van der Waals surface area contributed by atoms with Crippen LogP contribution in [0.2, 0.25) is 0 Å². The van der Waals surface area contributed by atoms with Crippen molar-refractivity contribution in [3.05, 3.63) is 16.0 Å². The molecule has 2 rings (SSSR count). The van der Waals surface area contributed by atoms with E-state index in [0.29, 0.717) is 11.5 Å². The van der Waals surface area contributed by atoms with Crippen LogP contribution in [0.1, 0.15) is 50.1 Å². The van der Waals surface area contributed by atoms with E-state index in [2.05, 4.69) is 23.6 Å². The minimum atomic E-state index is -0.506. The van der Waals surface area contributed by atoms with E-state index in [4.69, 9.17) is 12.2 Å². The largest absolute Gasteiger partial charge is 0.323 e. The molecule has 0 aromatic carbocycles. The third-order valence-electron chi connectivity index (χ3n) is 3.76. The first-order chi connectivity index (χ1) is 10.2. The minimum absolute atomic E-state index is 0.140. The first-order valence-electron chi connectivity index (χ1n) is 7.39. The van der Waals surface area contributed by atoms with Gasteiger partial charge < -0.3 is 10.6 Å². The quantitative estimate of drug-likeness (QED) is 0.770. The Balaban J connectivity index is 2.15. The summed E-state index contributed by atoms with van der Waals surface area (Å²) in [5, 5.41) is 16.2. The molecular formula is C16H21N3OS2. The molecule has 1 aromatic rings. The van der Waals surface area contributed by atoms with Crippen LogP contribution in [0.15, 0.2) is 0 Å². The van der Waals surface area contributed by atoms with Crippen LogP contribution in [-0.2, 0) is 17.6 Å². The normalized spacial score (nSPS) is 17.3. The Bertz CT molecular complexity index is 650. The van der Waals surface area contributed by atoms with Crippen molar-refractivity contribution in [2.75, 3.05) is 5.32 Å². The first-order valence-corrected chi connectivity index (χ1v) is 8.62. The fourth-order valence-electron chi connectivity index (χ4n) is 2.38. The second-order valence-corrected chi connectivity index (χ2v) is 8.34. The van der Waals surface area contributed by atoms with Crippen molar-refractivity contribution in [2.45, 2.75) is 47.0 Å². The molecule has 1 heterocycles. The van der Waals surface area contributed by atoms with Crippen LogP contribution in [0.3, 0.4) is 0 Å². The Kier molecular flexibility index (Phi) is 4.88. The van der Waals surface area contributed by atoms with Crippen molar-refractivity contribution in [3.8, 4) is 6.07 Å². The first kappa shape index (κ1) is 16.9. The van der Waals surface area contributed by atoms with Crippen molar-refractivity contribution >= 4 is 39.6 Å². The maximum Gasteiger partial charge on any atom is 0.231 e. The molecule has 1 aliphatic carbocycles. The SMILES string of the molecule is C[C@@H]1CCc2c(sc(NC(=S)NC(=O)C(C)(C)C)c2C#N)C1. The average Bonchev–Trinajstić information content (AvgIpc) is 2.73. The van der Waals surface area contributed by atoms with E-state index in [1.54, 1.807) is 11.3 Å². The number of hydrogen-bond donors (Lipinski definition) is 2. The summed E-state index contributed by atoms with van der Waals surface area (Å²) in [7, 11) is 0. The van der Waals surface area contributed by atoms with Gasteiger partial charge >= 0.3 is 0 Å². The standard InChI is InChI=1S/C16H21N3OS2/c1-9-5-6-10-11(8-17)13(22-12(10)7-9)18-15(21)19-14(20)16(2,3)4/h9H,5-7H2,1-4H3,(H2,18,19,20,21)/t9-/m1/s1. The number of amides is 1.